The molecule has 0 bridgehead atoms. The van der Waals surface area contributed by atoms with Gasteiger partial charge >= 0.3 is 12.1 Å². The highest BCUT2D eigenvalue weighted by atomic mass is 16.6. The summed E-state index contributed by atoms with van der Waals surface area (Å²) in [5.74, 6) is -0.549. The molecule has 2 saturated heterocycles. The molecule has 0 aliphatic carbocycles. The van der Waals surface area contributed by atoms with E-state index in [1.54, 1.807) is 4.90 Å². The second-order valence-electron chi connectivity index (χ2n) is 6.44. The number of hydrogen-bond donors (Lipinski definition) is 1. The predicted molar refractivity (Wildman–Crippen MR) is 86.5 cm³/mol. The first-order valence-electron chi connectivity index (χ1n) is 8.47. The number of carboxylic acid groups (broad SMARTS) is 1. The molecule has 2 aliphatic heterocycles. The van der Waals surface area contributed by atoms with Gasteiger partial charge in [-0.05, 0) is 37.2 Å². The number of benzene rings is 1. The highest BCUT2D eigenvalue weighted by Gasteiger charge is 2.37. The van der Waals surface area contributed by atoms with Crippen molar-refractivity contribution in [1.82, 2.24) is 4.90 Å². The average Bonchev–Trinajstić information content (AvgIpc) is 3.11. The minimum atomic E-state index is -0.876. The number of nitrogens with zero attached hydrogens (tertiary/aromatic N) is 1. The molecule has 0 unspecified atom stereocenters. The Bertz CT molecular complexity index is 568. The number of carbonyl (C=O) groups is 2. The minimum absolute atomic E-state index is 0.00795. The molecule has 1 N–H and O–H groups in total. The molecule has 3 rings (SSSR count). The van der Waals surface area contributed by atoms with Gasteiger partial charge in [0.05, 0.1) is 6.10 Å². The van der Waals surface area contributed by atoms with Crippen LogP contribution in [0.4, 0.5) is 4.79 Å². The van der Waals surface area contributed by atoms with Crippen molar-refractivity contribution in [3.63, 3.8) is 0 Å². The summed E-state index contributed by atoms with van der Waals surface area (Å²) in [6.45, 7) is 1.55. The molecule has 6 heteroatoms. The number of ether oxygens (including phenoxy) is 2. The Morgan fingerprint density at radius 1 is 1.12 bits per heavy atom. The van der Waals surface area contributed by atoms with Crippen molar-refractivity contribution >= 4 is 12.1 Å². The Morgan fingerprint density at radius 2 is 1.83 bits per heavy atom. The van der Waals surface area contributed by atoms with E-state index in [0.717, 1.165) is 24.8 Å². The van der Waals surface area contributed by atoms with Gasteiger partial charge in [0.15, 0.2) is 6.10 Å². The van der Waals surface area contributed by atoms with Gasteiger partial charge in [-0.3, -0.25) is 0 Å². The molecule has 2 heterocycles. The van der Waals surface area contributed by atoms with Crippen molar-refractivity contribution in [3.8, 4) is 0 Å². The summed E-state index contributed by atoms with van der Waals surface area (Å²) in [4.78, 5) is 24.8. The lowest BCUT2D eigenvalue weighted by Crippen LogP contribution is -2.41. The largest absolute Gasteiger partial charge is 0.479 e. The number of carbonyl (C=O) groups excluding carboxylic acids is 1. The van der Waals surface area contributed by atoms with Crippen LogP contribution in [0.3, 0.4) is 0 Å². The molecular weight excluding hydrogens is 310 g/mol. The lowest BCUT2D eigenvalue weighted by Gasteiger charge is -2.33. The van der Waals surface area contributed by atoms with Crippen LogP contribution in [0.2, 0.25) is 0 Å². The van der Waals surface area contributed by atoms with Gasteiger partial charge in [-0.15, -0.1) is 0 Å². The van der Waals surface area contributed by atoms with Crippen molar-refractivity contribution in [2.24, 2.45) is 5.92 Å². The SMILES string of the molecule is O=C(O)[C@@H]1CC[C@H](C2CCN(C(=O)OCc3ccccc3)CC2)O1. The topological polar surface area (TPSA) is 76.1 Å². The number of likely N-dealkylation sites (tertiary alicyclic amines) is 1. The molecule has 2 fully saturated rings. The lowest BCUT2D eigenvalue weighted by molar-refractivity contribution is -0.150. The number of amides is 1. The van der Waals surface area contributed by atoms with Crippen LogP contribution < -0.4 is 0 Å². The van der Waals surface area contributed by atoms with Gasteiger partial charge in [-0.1, -0.05) is 30.3 Å². The van der Waals surface area contributed by atoms with Gasteiger partial charge in [0.25, 0.3) is 0 Å². The van der Waals surface area contributed by atoms with Crippen LogP contribution in [-0.2, 0) is 20.9 Å². The Kier molecular flexibility index (Phi) is 5.35. The molecule has 0 radical (unpaired) electrons. The Morgan fingerprint density at radius 3 is 2.46 bits per heavy atom. The van der Waals surface area contributed by atoms with Crippen LogP contribution >= 0.6 is 0 Å². The van der Waals surface area contributed by atoms with E-state index in [1.807, 2.05) is 30.3 Å². The zero-order valence-electron chi connectivity index (χ0n) is 13.6. The molecule has 2 aliphatic rings. The normalized spacial score (nSPS) is 24.8. The van der Waals surface area contributed by atoms with E-state index in [4.69, 9.17) is 14.6 Å². The zero-order chi connectivity index (χ0) is 16.9. The molecule has 0 saturated carbocycles. The zero-order valence-corrected chi connectivity index (χ0v) is 13.6. The predicted octanol–water partition coefficient (Wildman–Crippen LogP) is 2.67. The number of piperidine rings is 1. The molecular formula is C18H23NO5. The highest BCUT2D eigenvalue weighted by molar-refractivity contribution is 5.72. The van der Waals surface area contributed by atoms with Crippen molar-refractivity contribution in [1.29, 1.82) is 0 Å². The monoisotopic (exact) mass is 333 g/mol. The van der Waals surface area contributed by atoms with Crippen LogP contribution in [0.25, 0.3) is 0 Å². The summed E-state index contributed by atoms with van der Waals surface area (Å²) in [7, 11) is 0. The standard InChI is InChI=1S/C18H23NO5/c20-17(21)16-7-6-15(24-16)14-8-10-19(11-9-14)18(22)23-12-13-4-2-1-3-5-13/h1-5,14-16H,6-12H2,(H,20,21)/t15-,16+/m1/s1. The maximum Gasteiger partial charge on any atom is 0.410 e. The maximum absolute atomic E-state index is 12.1. The smallest absolute Gasteiger partial charge is 0.410 e. The van der Waals surface area contributed by atoms with E-state index in [0.29, 0.717) is 25.4 Å². The molecule has 1 aromatic carbocycles. The summed E-state index contributed by atoms with van der Waals surface area (Å²) in [5, 5.41) is 9.00. The molecule has 0 spiro atoms. The third kappa shape index (κ3) is 4.06. The van der Waals surface area contributed by atoms with E-state index in [9.17, 15) is 9.59 Å². The first-order chi connectivity index (χ1) is 11.6. The molecule has 2 atom stereocenters. The lowest BCUT2D eigenvalue weighted by atomic mass is 9.90. The van der Waals surface area contributed by atoms with Crippen LogP contribution in [0, 0.1) is 5.92 Å². The van der Waals surface area contributed by atoms with Gasteiger partial charge in [-0.25, -0.2) is 9.59 Å². The Balaban J connectivity index is 1.42. The third-order valence-corrected chi connectivity index (χ3v) is 4.86. The number of rotatable bonds is 4. The highest BCUT2D eigenvalue weighted by Crippen LogP contribution is 2.32. The quantitative estimate of drug-likeness (QED) is 0.917. The number of aliphatic carboxylic acids is 1. The van der Waals surface area contributed by atoms with Gasteiger partial charge in [-0.2, -0.15) is 0 Å². The fourth-order valence-electron chi connectivity index (χ4n) is 3.46. The Labute approximate surface area is 141 Å². The molecule has 130 valence electrons. The van der Waals surface area contributed by atoms with Gasteiger partial charge < -0.3 is 19.5 Å². The van der Waals surface area contributed by atoms with Crippen molar-refractivity contribution < 1.29 is 24.2 Å². The summed E-state index contributed by atoms with van der Waals surface area (Å²) in [6.07, 6.45) is 2.10. The van der Waals surface area contributed by atoms with Crippen molar-refractivity contribution in [2.45, 2.75) is 44.5 Å². The number of carboxylic acids is 1. The first-order valence-corrected chi connectivity index (χ1v) is 8.47. The fourth-order valence-corrected chi connectivity index (χ4v) is 3.46. The van der Waals surface area contributed by atoms with E-state index < -0.39 is 12.1 Å². The van der Waals surface area contributed by atoms with Crippen LogP contribution in [-0.4, -0.2) is 47.4 Å². The van der Waals surface area contributed by atoms with Crippen molar-refractivity contribution in [2.75, 3.05) is 13.1 Å². The van der Waals surface area contributed by atoms with Gasteiger partial charge in [0, 0.05) is 13.1 Å². The van der Waals surface area contributed by atoms with Gasteiger partial charge in [0.1, 0.15) is 6.61 Å². The molecule has 24 heavy (non-hydrogen) atoms. The summed E-state index contributed by atoms with van der Waals surface area (Å²) in [5.41, 5.74) is 0.972. The summed E-state index contributed by atoms with van der Waals surface area (Å²) in [6, 6.07) is 9.61. The molecule has 1 aromatic rings. The van der Waals surface area contributed by atoms with E-state index in [2.05, 4.69) is 0 Å². The maximum atomic E-state index is 12.1. The second-order valence-corrected chi connectivity index (χ2v) is 6.44. The van der Waals surface area contributed by atoms with E-state index in [1.165, 1.54) is 0 Å². The number of hydrogen-bond acceptors (Lipinski definition) is 4. The summed E-state index contributed by atoms with van der Waals surface area (Å²) < 4.78 is 11.0. The first kappa shape index (κ1) is 16.8. The minimum Gasteiger partial charge on any atom is -0.479 e. The second kappa shape index (κ2) is 7.66. The molecule has 1 amide bonds. The fraction of sp³-hybridized carbons (Fsp3) is 0.556. The Hall–Kier alpha value is -2.08. The molecule has 6 nitrogen and oxygen atoms in total. The average molecular weight is 333 g/mol. The van der Waals surface area contributed by atoms with Gasteiger partial charge in [0.2, 0.25) is 0 Å². The van der Waals surface area contributed by atoms with E-state index in [-0.39, 0.29) is 18.8 Å². The van der Waals surface area contributed by atoms with E-state index >= 15 is 0 Å². The third-order valence-electron chi connectivity index (χ3n) is 4.86. The van der Waals surface area contributed by atoms with Crippen LogP contribution in [0.15, 0.2) is 30.3 Å². The van der Waals surface area contributed by atoms with Crippen molar-refractivity contribution in [3.05, 3.63) is 35.9 Å². The summed E-state index contributed by atoms with van der Waals surface area (Å²) >= 11 is 0. The van der Waals surface area contributed by atoms with Crippen LogP contribution in [0.1, 0.15) is 31.2 Å². The molecule has 0 aromatic heterocycles. The van der Waals surface area contributed by atoms with Crippen LogP contribution in [0.5, 0.6) is 0 Å².